The van der Waals surface area contributed by atoms with E-state index in [1.807, 2.05) is 0 Å². The van der Waals surface area contributed by atoms with Gasteiger partial charge in [-0.1, -0.05) is 43.5 Å². The molecule has 1 aromatic carbocycles. The van der Waals surface area contributed by atoms with Gasteiger partial charge in [-0.25, -0.2) is 0 Å². The Morgan fingerprint density at radius 3 is 2.56 bits per heavy atom. The van der Waals surface area contributed by atoms with E-state index in [4.69, 9.17) is 0 Å². The zero-order valence-corrected chi connectivity index (χ0v) is 9.73. The molecule has 0 aliphatic heterocycles. The SMILES string of the molecule is OC1Cc2ccccc2C1C1CCCCC1. The molecular formula is C15H20O. The maximum Gasteiger partial charge on any atom is 0.0651 e. The van der Waals surface area contributed by atoms with Crippen LogP contribution < -0.4 is 0 Å². The predicted molar refractivity (Wildman–Crippen MR) is 65.5 cm³/mol. The Balaban J connectivity index is 1.89. The molecule has 2 unspecified atom stereocenters. The molecule has 3 rings (SSSR count). The Bertz CT molecular complexity index is 365. The van der Waals surface area contributed by atoms with E-state index in [-0.39, 0.29) is 6.10 Å². The summed E-state index contributed by atoms with van der Waals surface area (Å²) in [6.45, 7) is 0. The van der Waals surface area contributed by atoms with Crippen molar-refractivity contribution in [3.63, 3.8) is 0 Å². The highest BCUT2D eigenvalue weighted by Crippen LogP contribution is 2.44. The summed E-state index contributed by atoms with van der Waals surface area (Å²) in [6, 6.07) is 8.62. The lowest BCUT2D eigenvalue weighted by atomic mass is 9.76. The lowest BCUT2D eigenvalue weighted by Gasteiger charge is -2.30. The number of hydrogen-bond acceptors (Lipinski definition) is 1. The van der Waals surface area contributed by atoms with Crippen LogP contribution in [0.2, 0.25) is 0 Å². The van der Waals surface area contributed by atoms with Crippen LogP contribution in [0.25, 0.3) is 0 Å². The van der Waals surface area contributed by atoms with Crippen LogP contribution in [-0.2, 0) is 6.42 Å². The van der Waals surface area contributed by atoms with E-state index < -0.39 is 0 Å². The summed E-state index contributed by atoms with van der Waals surface area (Å²) < 4.78 is 0. The van der Waals surface area contributed by atoms with Crippen LogP contribution in [0.1, 0.15) is 49.1 Å². The summed E-state index contributed by atoms with van der Waals surface area (Å²) in [7, 11) is 0. The van der Waals surface area contributed by atoms with E-state index in [0.29, 0.717) is 5.92 Å². The standard InChI is InChI=1S/C15H20O/c16-14-10-12-8-4-5-9-13(12)15(14)11-6-2-1-3-7-11/h4-5,8-9,11,14-16H,1-3,6-7,10H2. The molecule has 0 spiro atoms. The van der Waals surface area contributed by atoms with Crippen molar-refractivity contribution in [2.75, 3.05) is 0 Å². The van der Waals surface area contributed by atoms with Gasteiger partial charge in [-0.2, -0.15) is 0 Å². The Hall–Kier alpha value is -0.820. The van der Waals surface area contributed by atoms with Crippen LogP contribution in [0, 0.1) is 5.92 Å². The highest BCUT2D eigenvalue weighted by Gasteiger charge is 2.36. The topological polar surface area (TPSA) is 20.2 Å². The van der Waals surface area contributed by atoms with Crippen molar-refractivity contribution in [1.29, 1.82) is 0 Å². The first-order valence-electron chi connectivity index (χ1n) is 6.62. The van der Waals surface area contributed by atoms with Gasteiger partial charge in [0.25, 0.3) is 0 Å². The van der Waals surface area contributed by atoms with Crippen LogP contribution >= 0.6 is 0 Å². The lowest BCUT2D eigenvalue weighted by Crippen LogP contribution is -2.24. The summed E-state index contributed by atoms with van der Waals surface area (Å²) in [5.74, 6) is 1.16. The molecule has 0 saturated heterocycles. The lowest BCUT2D eigenvalue weighted by molar-refractivity contribution is 0.115. The van der Waals surface area contributed by atoms with Gasteiger partial charge in [0.15, 0.2) is 0 Å². The van der Waals surface area contributed by atoms with Gasteiger partial charge in [-0.15, -0.1) is 0 Å². The number of benzene rings is 1. The quantitative estimate of drug-likeness (QED) is 0.764. The summed E-state index contributed by atoms with van der Waals surface area (Å²) >= 11 is 0. The largest absolute Gasteiger partial charge is 0.392 e. The number of fused-ring (bicyclic) bond motifs is 1. The van der Waals surface area contributed by atoms with Crippen molar-refractivity contribution < 1.29 is 5.11 Å². The first-order chi connectivity index (χ1) is 7.86. The third-order valence-corrected chi connectivity index (χ3v) is 4.42. The minimum absolute atomic E-state index is 0.125. The van der Waals surface area contributed by atoms with Crippen molar-refractivity contribution >= 4 is 0 Å². The molecule has 1 N–H and O–H groups in total. The Labute approximate surface area is 97.5 Å². The molecule has 0 aromatic heterocycles. The minimum atomic E-state index is -0.125. The highest BCUT2D eigenvalue weighted by molar-refractivity contribution is 5.37. The molecule has 1 aromatic rings. The van der Waals surface area contributed by atoms with Crippen molar-refractivity contribution in [2.24, 2.45) is 5.92 Å². The molecule has 2 atom stereocenters. The monoisotopic (exact) mass is 216 g/mol. The smallest absolute Gasteiger partial charge is 0.0651 e. The summed E-state index contributed by atoms with van der Waals surface area (Å²) in [4.78, 5) is 0. The second-order valence-corrected chi connectivity index (χ2v) is 5.39. The first kappa shape index (κ1) is 10.3. The Morgan fingerprint density at radius 2 is 1.75 bits per heavy atom. The predicted octanol–water partition coefficient (Wildman–Crippen LogP) is 3.27. The van der Waals surface area contributed by atoms with Gasteiger partial charge in [0.2, 0.25) is 0 Å². The summed E-state index contributed by atoms with van der Waals surface area (Å²) in [5, 5.41) is 10.3. The fraction of sp³-hybridized carbons (Fsp3) is 0.600. The molecule has 16 heavy (non-hydrogen) atoms. The number of aliphatic hydroxyl groups excluding tert-OH is 1. The van der Waals surface area contributed by atoms with E-state index in [1.54, 1.807) is 0 Å². The third kappa shape index (κ3) is 1.67. The molecule has 0 bridgehead atoms. The first-order valence-corrected chi connectivity index (χ1v) is 6.62. The second-order valence-electron chi connectivity index (χ2n) is 5.39. The van der Waals surface area contributed by atoms with E-state index in [2.05, 4.69) is 24.3 Å². The number of aliphatic hydroxyl groups is 1. The molecule has 0 amide bonds. The normalized spacial score (nSPS) is 30.3. The van der Waals surface area contributed by atoms with Crippen molar-refractivity contribution in [1.82, 2.24) is 0 Å². The fourth-order valence-electron chi connectivity index (χ4n) is 3.67. The molecule has 0 heterocycles. The van der Waals surface area contributed by atoms with E-state index in [0.717, 1.165) is 12.3 Å². The highest BCUT2D eigenvalue weighted by atomic mass is 16.3. The molecular weight excluding hydrogens is 196 g/mol. The molecule has 2 aliphatic rings. The third-order valence-electron chi connectivity index (χ3n) is 4.42. The maximum absolute atomic E-state index is 10.3. The van der Waals surface area contributed by atoms with Crippen molar-refractivity contribution in [2.45, 2.75) is 50.5 Å². The Morgan fingerprint density at radius 1 is 1.00 bits per heavy atom. The average molecular weight is 216 g/mol. The van der Waals surface area contributed by atoms with Crippen molar-refractivity contribution in [3.05, 3.63) is 35.4 Å². The molecule has 1 fully saturated rings. The van der Waals surface area contributed by atoms with Crippen molar-refractivity contribution in [3.8, 4) is 0 Å². The molecule has 1 heteroatoms. The van der Waals surface area contributed by atoms with Gasteiger partial charge in [0.05, 0.1) is 6.10 Å². The maximum atomic E-state index is 10.3. The number of hydrogen-bond donors (Lipinski definition) is 1. The molecule has 86 valence electrons. The van der Waals surface area contributed by atoms with Crippen LogP contribution in [0.3, 0.4) is 0 Å². The van der Waals surface area contributed by atoms with Gasteiger partial charge in [-0.05, 0) is 36.3 Å². The van der Waals surface area contributed by atoms with E-state index in [1.165, 1.54) is 43.2 Å². The van der Waals surface area contributed by atoms with E-state index >= 15 is 0 Å². The van der Waals surface area contributed by atoms with Crippen LogP contribution in [0.4, 0.5) is 0 Å². The fourth-order valence-corrected chi connectivity index (χ4v) is 3.67. The second kappa shape index (κ2) is 4.21. The van der Waals surface area contributed by atoms with Crippen LogP contribution in [0.5, 0.6) is 0 Å². The minimum Gasteiger partial charge on any atom is -0.392 e. The Kier molecular flexibility index (Phi) is 2.72. The van der Waals surface area contributed by atoms with Gasteiger partial charge >= 0.3 is 0 Å². The zero-order chi connectivity index (χ0) is 11.0. The number of rotatable bonds is 1. The molecule has 2 aliphatic carbocycles. The van der Waals surface area contributed by atoms with Crippen LogP contribution in [-0.4, -0.2) is 11.2 Å². The van der Waals surface area contributed by atoms with Crippen LogP contribution in [0.15, 0.2) is 24.3 Å². The average Bonchev–Trinajstić information content (AvgIpc) is 2.66. The summed E-state index contributed by atoms with van der Waals surface area (Å²) in [5.41, 5.74) is 2.81. The van der Waals surface area contributed by atoms with Gasteiger partial charge in [0.1, 0.15) is 0 Å². The zero-order valence-electron chi connectivity index (χ0n) is 9.73. The molecule has 1 saturated carbocycles. The molecule has 1 nitrogen and oxygen atoms in total. The van der Waals surface area contributed by atoms with E-state index in [9.17, 15) is 5.11 Å². The summed E-state index contributed by atoms with van der Waals surface area (Å²) in [6.07, 6.45) is 7.48. The van der Waals surface area contributed by atoms with Gasteiger partial charge in [-0.3, -0.25) is 0 Å². The van der Waals surface area contributed by atoms with Gasteiger partial charge in [0, 0.05) is 5.92 Å². The van der Waals surface area contributed by atoms with Gasteiger partial charge < -0.3 is 5.11 Å². The molecule has 0 radical (unpaired) electrons.